The standard InChI is InChI=1S/C21H19FO4S/c1-12-15(10-19(23)24)9-14-3-6-16(22)11-18(14)20(12)21(25)13-4-7-17(8-5-13)27(2)26/h3-9,11,21,25H,10H2,1-2H3,(H,23,24). The Morgan fingerprint density at radius 2 is 1.81 bits per heavy atom. The van der Waals surface area contributed by atoms with Crippen LogP contribution in [0.3, 0.4) is 0 Å². The Labute approximate surface area is 158 Å². The van der Waals surface area contributed by atoms with Gasteiger partial charge in [-0.15, -0.1) is 0 Å². The number of aliphatic hydroxyl groups excluding tert-OH is 1. The smallest absolute Gasteiger partial charge is 0.307 e. The van der Waals surface area contributed by atoms with Crippen molar-refractivity contribution in [3.63, 3.8) is 0 Å². The lowest BCUT2D eigenvalue weighted by Gasteiger charge is -2.20. The highest BCUT2D eigenvalue weighted by molar-refractivity contribution is 7.84. The summed E-state index contributed by atoms with van der Waals surface area (Å²) in [6.07, 6.45) is 0.316. The molecule has 0 fully saturated rings. The van der Waals surface area contributed by atoms with Crippen molar-refractivity contribution >= 4 is 27.5 Å². The van der Waals surface area contributed by atoms with Gasteiger partial charge in [0.15, 0.2) is 0 Å². The van der Waals surface area contributed by atoms with Crippen LogP contribution in [0, 0.1) is 12.7 Å². The molecule has 0 aliphatic carbocycles. The number of halogens is 1. The number of benzene rings is 3. The quantitative estimate of drug-likeness (QED) is 0.701. The first-order valence-electron chi connectivity index (χ1n) is 8.33. The molecule has 27 heavy (non-hydrogen) atoms. The van der Waals surface area contributed by atoms with Crippen LogP contribution in [0.1, 0.15) is 28.4 Å². The molecule has 3 aromatic carbocycles. The molecule has 3 rings (SSSR count). The fourth-order valence-corrected chi connectivity index (χ4v) is 3.79. The van der Waals surface area contributed by atoms with Crippen molar-refractivity contribution in [2.75, 3.05) is 6.26 Å². The minimum atomic E-state index is -1.13. The van der Waals surface area contributed by atoms with Gasteiger partial charge in [0.25, 0.3) is 0 Å². The molecular weight excluding hydrogens is 367 g/mol. The third-order valence-electron chi connectivity index (χ3n) is 4.66. The van der Waals surface area contributed by atoms with E-state index >= 15 is 0 Å². The van der Waals surface area contributed by atoms with Crippen LogP contribution in [0.2, 0.25) is 0 Å². The van der Waals surface area contributed by atoms with E-state index < -0.39 is 28.7 Å². The maximum atomic E-state index is 13.9. The van der Waals surface area contributed by atoms with Crippen LogP contribution in [-0.4, -0.2) is 26.6 Å². The van der Waals surface area contributed by atoms with Gasteiger partial charge in [-0.25, -0.2) is 4.39 Å². The molecule has 3 aromatic rings. The number of rotatable bonds is 5. The molecule has 2 atom stereocenters. The van der Waals surface area contributed by atoms with Crippen LogP contribution >= 0.6 is 0 Å². The number of carbonyl (C=O) groups is 1. The monoisotopic (exact) mass is 386 g/mol. The summed E-state index contributed by atoms with van der Waals surface area (Å²) in [5.41, 5.74) is 2.23. The maximum Gasteiger partial charge on any atom is 0.307 e. The molecule has 0 aromatic heterocycles. The van der Waals surface area contributed by atoms with Gasteiger partial charge in [-0.1, -0.05) is 24.3 Å². The Kier molecular flexibility index (Phi) is 5.39. The summed E-state index contributed by atoms with van der Waals surface area (Å²) in [5, 5.41) is 21.4. The number of carboxylic acid groups (broad SMARTS) is 1. The second kappa shape index (κ2) is 7.58. The van der Waals surface area contributed by atoms with E-state index in [4.69, 9.17) is 0 Å². The van der Waals surface area contributed by atoms with Crippen molar-refractivity contribution in [2.24, 2.45) is 0 Å². The zero-order valence-corrected chi connectivity index (χ0v) is 15.7. The van der Waals surface area contributed by atoms with Gasteiger partial charge < -0.3 is 10.2 Å². The van der Waals surface area contributed by atoms with Crippen molar-refractivity contribution in [2.45, 2.75) is 24.3 Å². The predicted octanol–water partition coefficient (Wildman–Crippen LogP) is 3.73. The predicted molar refractivity (Wildman–Crippen MR) is 103 cm³/mol. The van der Waals surface area contributed by atoms with E-state index in [0.717, 1.165) is 0 Å². The molecule has 2 N–H and O–H groups in total. The molecule has 0 spiro atoms. The number of aliphatic carboxylic acids is 1. The van der Waals surface area contributed by atoms with Gasteiger partial charge in [0, 0.05) is 22.0 Å². The summed E-state index contributed by atoms with van der Waals surface area (Å²) in [6.45, 7) is 1.73. The largest absolute Gasteiger partial charge is 0.481 e. The van der Waals surface area contributed by atoms with Gasteiger partial charge in [-0.2, -0.15) is 0 Å². The first-order chi connectivity index (χ1) is 12.8. The summed E-state index contributed by atoms with van der Waals surface area (Å²) < 4.78 is 25.4. The normalized spacial score (nSPS) is 13.5. The Morgan fingerprint density at radius 3 is 2.41 bits per heavy atom. The highest BCUT2D eigenvalue weighted by atomic mass is 32.2. The molecule has 0 saturated carbocycles. The highest BCUT2D eigenvalue weighted by Gasteiger charge is 2.20. The number of hydrogen-bond acceptors (Lipinski definition) is 3. The number of fused-ring (bicyclic) bond motifs is 1. The molecule has 0 heterocycles. The second-order valence-corrected chi connectivity index (χ2v) is 7.82. The van der Waals surface area contributed by atoms with E-state index in [1.54, 1.807) is 49.6 Å². The first-order valence-corrected chi connectivity index (χ1v) is 9.88. The van der Waals surface area contributed by atoms with Gasteiger partial charge in [0.2, 0.25) is 0 Å². The van der Waals surface area contributed by atoms with Crippen molar-refractivity contribution in [1.29, 1.82) is 0 Å². The summed E-state index contributed by atoms with van der Waals surface area (Å²) in [7, 11) is -1.13. The first kappa shape index (κ1) is 19.2. The van der Waals surface area contributed by atoms with Gasteiger partial charge in [-0.3, -0.25) is 9.00 Å². The molecule has 4 nitrogen and oxygen atoms in total. The van der Waals surface area contributed by atoms with Crippen LogP contribution in [-0.2, 0) is 22.0 Å². The number of carboxylic acids is 1. The molecular formula is C21H19FO4S. The van der Waals surface area contributed by atoms with Crippen LogP contribution in [0.5, 0.6) is 0 Å². The summed E-state index contributed by atoms with van der Waals surface area (Å²) >= 11 is 0. The number of aliphatic hydroxyl groups is 1. The Bertz CT molecular complexity index is 1040. The molecule has 2 unspecified atom stereocenters. The molecule has 0 radical (unpaired) electrons. The van der Waals surface area contributed by atoms with Crippen LogP contribution in [0.15, 0.2) is 53.4 Å². The van der Waals surface area contributed by atoms with Crippen molar-refractivity contribution < 1.29 is 23.6 Å². The van der Waals surface area contributed by atoms with Crippen LogP contribution < -0.4 is 0 Å². The molecule has 0 saturated heterocycles. The van der Waals surface area contributed by atoms with Gasteiger partial charge in [0.05, 0.1) is 6.42 Å². The third kappa shape index (κ3) is 3.91. The van der Waals surface area contributed by atoms with E-state index in [-0.39, 0.29) is 6.42 Å². The average Bonchev–Trinajstić information content (AvgIpc) is 2.62. The SMILES string of the molecule is Cc1c(CC(=O)O)cc2ccc(F)cc2c1C(O)c1ccc(S(C)=O)cc1. The van der Waals surface area contributed by atoms with Gasteiger partial charge in [0.1, 0.15) is 11.9 Å². The minimum Gasteiger partial charge on any atom is -0.481 e. The number of hydrogen-bond donors (Lipinski definition) is 2. The molecule has 0 amide bonds. The molecule has 0 bridgehead atoms. The lowest BCUT2D eigenvalue weighted by Crippen LogP contribution is -2.09. The molecule has 0 aliphatic rings. The van der Waals surface area contributed by atoms with Gasteiger partial charge >= 0.3 is 5.97 Å². The Balaban J connectivity index is 2.20. The highest BCUT2D eigenvalue weighted by Crippen LogP contribution is 2.34. The van der Waals surface area contributed by atoms with E-state index in [9.17, 15) is 23.6 Å². The van der Waals surface area contributed by atoms with Crippen molar-refractivity contribution in [1.82, 2.24) is 0 Å². The molecule has 0 aliphatic heterocycles. The van der Waals surface area contributed by atoms with Crippen molar-refractivity contribution in [3.05, 3.63) is 76.6 Å². The zero-order valence-electron chi connectivity index (χ0n) is 14.9. The van der Waals surface area contributed by atoms with Gasteiger partial charge in [-0.05, 0) is 64.2 Å². The fourth-order valence-electron chi connectivity index (χ4n) is 3.27. The molecule has 6 heteroatoms. The van der Waals surface area contributed by atoms with E-state index in [1.807, 2.05) is 0 Å². The summed E-state index contributed by atoms with van der Waals surface area (Å²) in [4.78, 5) is 11.8. The van der Waals surface area contributed by atoms with Crippen molar-refractivity contribution in [3.8, 4) is 0 Å². The molecule has 140 valence electrons. The third-order valence-corrected chi connectivity index (χ3v) is 5.60. The van der Waals surface area contributed by atoms with Crippen LogP contribution in [0.4, 0.5) is 4.39 Å². The zero-order chi connectivity index (χ0) is 19.7. The summed E-state index contributed by atoms with van der Waals surface area (Å²) in [6, 6.07) is 12.7. The topological polar surface area (TPSA) is 74.6 Å². The summed E-state index contributed by atoms with van der Waals surface area (Å²) in [5.74, 6) is -1.41. The minimum absolute atomic E-state index is 0.188. The van der Waals surface area contributed by atoms with Crippen LogP contribution in [0.25, 0.3) is 10.8 Å². The van der Waals surface area contributed by atoms with E-state index in [0.29, 0.717) is 37.9 Å². The van der Waals surface area contributed by atoms with E-state index in [2.05, 4.69) is 0 Å². The fraction of sp³-hybridized carbons (Fsp3) is 0.190. The van der Waals surface area contributed by atoms with E-state index in [1.165, 1.54) is 12.1 Å². The lowest BCUT2D eigenvalue weighted by molar-refractivity contribution is -0.136. The maximum absolute atomic E-state index is 13.9. The Hall–Kier alpha value is -2.57. The Morgan fingerprint density at radius 1 is 1.15 bits per heavy atom. The average molecular weight is 386 g/mol. The lowest BCUT2D eigenvalue weighted by atomic mass is 9.88. The second-order valence-electron chi connectivity index (χ2n) is 6.44.